The fraction of sp³-hybridized carbons (Fsp3) is 0.333. The van der Waals surface area contributed by atoms with Gasteiger partial charge in [-0.2, -0.15) is 0 Å². The molecule has 0 spiro atoms. The third kappa shape index (κ3) is 5.79. The number of urea groups is 1. The average molecular weight is 315 g/mol. The number of aliphatic carboxylic acids is 1. The molecule has 0 aliphatic heterocycles. The smallest absolute Gasteiger partial charge is 0.323 e. The van der Waals surface area contributed by atoms with Crippen LogP contribution in [0.3, 0.4) is 0 Å². The van der Waals surface area contributed by atoms with Crippen LogP contribution in [-0.4, -0.2) is 50.6 Å². The minimum atomic E-state index is -3.71. The van der Waals surface area contributed by atoms with E-state index in [-0.39, 0.29) is 11.4 Å². The van der Waals surface area contributed by atoms with Gasteiger partial charge < -0.3 is 15.3 Å². The van der Waals surface area contributed by atoms with Crippen LogP contribution in [0.25, 0.3) is 0 Å². The van der Waals surface area contributed by atoms with Crippen LogP contribution in [0.4, 0.5) is 4.79 Å². The van der Waals surface area contributed by atoms with E-state index in [1.54, 1.807) is 12.1 Å². The highest BCUT2D eigenvalue weighted by molar-refractivity contribution is 7.89. The van der Waals surface area contributed by atoms with E-state index >= 15 is 0 Å². The van der Waals surface area contributed by atoms with Gasteiger partial charge in [-0.05, 0) is 24.1 Å². The molecule has 1 rings (SSSR count). The van der Waals surface area contributed by atoms with Gasteiger partial charge in [0.2, 0.25) is 10.0 Å². The van der Waals surface area contributed by atoms with E-state index in [9.17, 15) is 18.0 Å². The maximum Gasteiger partial charge on any atom is 0.323 e. The number of rotatable bonds is 6. The summed E-state index contributed by atoms with van der Waals surface area (Å²) >= 11 is 0. The van der Waals surface area contributed by atoms with Gasteiger partial charge in [-0.1, -0.05) is 12.1 Å². The fourth-order valence-electron chi connectivity index (χ4n) is 1.57. The van der Waals surface area contributed by atoms with Crippen molar-refractivity contribution in [2.24, 2.45) is 5.14 Å². The third-order valence-electron chi connectivity index (χ3n) is 2.66. The third-order valence-corrected chi connectivity index (χ3v) is 3.59. The number of nitrogens with two attached hydrogens (primary N) is 1. The van der Waals surface area contributed by atoms with Crippen molar-refractivity contribution in [3.8, 4) is 0 Å². The number of hydrogen-bond donors (Lipinski definition) is 3. The lowest BCUT2D eigenvalue weighted by Crippen LogP contribution is -2.40. The summed E-state index contributed by atoms with van der Waals surface area (Å²) in [6.07, 6.45) is 0.484. The normalized spacial score (nSPS) is 11.0. The van der Waals surface area contributed by atoms with Gasteiger partial charge in [0.1, 0.15) is 6.54 Å². The molecule has 0 saturated heterocycles. The number of nitrogens with one attached hydrogen (secondary N) is 1. The molecule has 4 N–H and O–H groups in total. The van der Waals surface area contributed by atoms with E-state index in [0.29, 0.717) is 13.0 Å². The number of carboxylic acids is 1. The highest BCUT2D eigenvalue weighted by Crippen LogP contribution is 2.08. The summed E-state index contributed by atoms with van der Waals surface area (Å²) in [7, 11) is -2.33. The lowest BCUT2D eigenvalue weighted by molar-refractivity contribution is -0.137. The van der Waals surface area contributed by atoms with Crippen molar-refractivity contribution in [1.29, 1.82) is 0 Å². The van der Waals surface area contributed by atoms with Crippen molar-refractivity contribution < 1.29 is 23.1 Å². The van der Waals surface area contributed by atoms with E-state index in [1.807, 2.05) is 0 Å². The molecule has 0 bridgehead atoms. The van der Waals surface area contributed by atoms with Crippen LogP contribution in [0, 0.1) is 0 Å². The van der Waals surface area contributed by atoms with Gasteiger partial charge in [0.15, 0.2) is 0 Å². The molecule has 0 saturated carbocycles. The molecular weight excluding hydrogens is 298 g/mol. The molecule has 0 unspecified atom stereocenters. The molecule has 21 heavy (non-hydrogen) atoms. The van der Waals surface area contributed by atoms with E-state index in [1.165, 1.54) is 19.2 Å². The van der Waals surface area contributed by atoms with Gasteiger partial charge in [-0.3, -0.25) is 4.79 Å². The summed E-state index contributed by atoms with van der Waals surface area (Å²) in [6, 6.07) is 5.50. The summed E-state index contributed by atoms with van der Waals surface area (Å²) in [5.74, 6) is -1.09. The van der Waals surface area contributed by atoms with Gasteiger partial charge in [0, 0.05) is 13.6 Å². The highest BCUT2D eigenvalue weighted by atomic mass is 32.2. The maximum absolute atomic E-state index is 11.5. The van der Waals surface area contributed by atoms with Crippen molar-refractivity contribution in [2.75, 3.05) is 20.1 Å². The van der Waals surface area contributed by atoms with E-state index in [4.69, 9.17) is 10.2 Å². The first-order valence-corrected chi connectivity index (χ1v) is 7.57. The standard InChI is InChI=1S/C12H17N3O5S/c1-15(8-11(16)17)12(18)14-7-6-9-2-4-10(5-3-9)21(13,19)20/h2-5H,6-8H2,1H3,(H,14,18)(H,16,17)(H2,13,19,20). The van der Waals surface area contributed by atoms with Gasteiger partial charge in [-0.15, -0.1) is 0 Å². The summed E-state index contributed by atoms with van der Waals surface area (Å²) in [5.41, 5.74) is 0.823. The zero-order chi connectivity index (χ0) is 16.0. The Morgan fingerprint density at radius 1 is 1.29 bits per heavy atom. The lowest BCUT2D eigenvalue weighted by Gasteiger charge is -2.15. The molecule has 1 aromatic rings. The Labute approximate surface area is 122 Å². The fourth-order valence-corrected chi connectivity index (χ4v) is 2.08. The second-order valence-corrected chi connectivity index (χ2v) is 5.98. The monoisotopic (exact) mass is 315 g/mol. The van der Waals surface area contributed by atoms with E-state index in [2.05, 4.69) is 5.32 Å². The highest BCUT2D eigenvalue weighted by Gasteiger charge is 2.11. The van der Waals surface area contributed by atoms with E-state index < -0.39 is 22.0 Å². The molecule has 116 valence electrons. The van der Waals surface area contributed by atoms with Gasteiger partial charge in [-0.25, -0.2) is 18.4 Å². The average Bonchev–Trinajstić information content (AvgIpc) is 2.37. The number of hydrogen-bond acceptors (Lipinski definition) is 4. The summed E-state index contributed by atoms with van der Waals surface area (Å²) in [4.78, 5) is 23.0. The molecule has 0 heterocycles. The van der Waals surface area contributed by atoms with Crippen LogP contribution in [0.2, 0.25) is 0 Å². The predicted molar refractivity (Wildman–Crippen MR) is 75.2 cm³/mol. The van der Waals surface area contributed by atoms with Crippen LogP contribution in [0.5, 0.6) is 0 Å². The zero-order valence-corrected chi connectivity index (χ0v) is 12.3. The molecule has 2 amide bonds. The number of benzene rings is 1. The van der Waals surface area contributed by atoms with Gasteiger partial charge in [0.25, 0.3) is 0 Å². The Kier molecular flexibility index (Phi) is 5.68. The number of amides is 2. The SMILES string of the molecule is CN(CC(=O)O)C(=O)NCCc1ccc(S(N)(=O)=O)cc1. The molecule has 0 fully saturated rings. The number of carbonyl (C=O) groups excluding carboxylic acids is 1. The van der Waals surface area contributed by atoms with Crippen molar-refractivity contribution in [1.82, 2.24) is 10.2 Å². The molecule has 8 nitrogen and oxygen atoms in total. The summed E-state index contributed by atoms with van der Waals surface area (Å²) in [6.45, 7) is -0.0770. The van der Waals surface area contributed by atoms with E-state index in [0.717, 1.165) is 10.5 Å². The van der Waals surface area contributed by atoms with Crippen molar-refractivity contribution >= 4 is 22.0 Å². The molecule has 1 aromatic carbocycles. The van der Waals surface area contributed by atoms with Crippen molar-refractivity contribution in [3.05, 3.63) is 29.8 Å². The molecule has 9 heteroatoms. The van der Waals surface area contributed by atoms with Crippen molar-refractivity contribution in [3.63, 3.8) is 0 Å². The molecule has 0 atom stereocenters. The second-order valence-electron chi connectivity index (χ2n) is 4.42. The van der Waals surface area contributed by atoms with Crippen LogP contribution in [0.15, 0.2) is 29.2 Å². The Hall–Kier alpha value is -2.13. The van der Waals surface area contributed by atoms with Crippen LogP contribution in [0.1, 0.15) is 5.56 Å². The number of carboxylic acid groups (broad SMARTS) is 1. The number of primary sulfonamides is 1. The molecule has 0 aromatic heterocycles. The second kappa shape index (κ2) is 7.04. The maximum atomic E-state index is 11.5. The first-order chi connectivity index (χ1) is 9.70. The minimum Gasteiger partial charge on any atom is -0.480 e. The van der Waals surface area contributed by atoms with Gasteiger partial charge in [0.05, 0.1) is 4.90 Å². The zero-order valence-electron chi connectivity index (χ0n) is 11.4. The van der Waals surface area contributed by atoms with Crippen LogP contribution < -0.4 is 10.5 Å². The van der Waals surface area contributed by atoms with Gasteiger partial charge >= 0.3 is 12.0 Å². The number of nitrogens with zero attached hydrogens (tertiary/aromatic N) is 1. The Bertz CT molecular complexity index is 612. The minimum absolute atomic E-state index is 0.0245. The van der Waals surface area contributed by atoms with Crippen molar-refractivity contribution in [2.45, 2.75) is 11.3 Å². The van der Waals surface area contributed by atoms with Crippen LogP contribution >= 0.6 is 0 Å². The first-order valence-electron chi connectivity index (χ1n) is 6.02. The largest absolute Gasteiger partial charge is 0.480 e. The Morgan fingerprint density at radius 3 is 2.33 bits per heavy atom. The molecule has 0 aliphatic carbocycles. The molecule has 0 aliphatic rings. The Balaban J connectivity index is 2.46. The number of sulfonamides is 1. The predicted octanol–water partition coefficient (Wildman–Crippen LogP) is -0.397. The quantitative estimate of drug-likeness (QED) is 0.658. The summed E-state index contributed by atoms with van der Waals surface area (Å²) < 4.78 is 22.2. The number of likely N-dealkylation sites (N-methyl/N-ethyl adjacent to an activating group) is 1. The molecular formula is C12H17N3O5S. The molecule has 0 radical (unpaired) electrons. The Morgan fingerprint density at radius 2 is 1.86 bits per heavy atom. The van der Waals surface area contributed by atoms with Crippen LogP contribution in [-0.2, 0) is 21.2 Å². The topological polar surface area (TPSA) is 130 Å². The lowest BCUT2D eigenvalue weighted by atomic mass is 10.1. The summed E-state index contributed by atoms with van der Waals surface area (Å²) in [5, 5.41) is 16.1. The number of carbonyl (C=O) groups is 2. The first kappa shape index (κ1) is 16.9.